The second-order valence-electron chi connectivity index (χ2n) is 6.37. The summed E-state index contributed by atoms with van der Waals surface area (Å²) in [4.78, 5) is 8.33. The van der Waals surface area contributed by atoms with Crippen molar-refractivity contribution in [1.82, 2.24) is 9.97 Å². The Hall–Kier alpha value is -1.94. The summed E-state index contributed by atoms with van der Waals surface area (Å²) >= 11 is 1.26. The van der Waals surface area contributed by atoms with Crippen LogP contribution in [0.5, 0.6) is 5.88 Å². The van der Waals surface area contributed by atoms with Crippen molar-refractivity contribution in [2.45, 2.75) is 37.4 Å². The highest BCUT2D eigenvalue weighted by Gasteiger charge is 2.40. The molecule has 0 amide bonds. The van der Waals surface area contributed by atoms with Gasteiger partial charge in [-0.1, -0.05) is 17.2 Å². The standard InChI is InChI=1S/C17H19BF3N3O2S/c1-7-4-10(22-2)14(18)12(13(7)17(19,20)21)11-5-9-8(6-26-11)15(25)24-16(23-9)27-3/h4,11,22H,5-6,18H2,1-3H3,(H,23,24,25)/t11-/m1/s1. The number of aromatic nitrogens is 2. The third-order valence-corrected chi connectivity index (χ3v) is 5.30. The van der Waals surface area contributed by atoms with E-state index in [2.05, 4.69) is 15.3 Å². The maximum atomic E-state index is 13.8. The highest BCUT2D eigenvalue weighted by Crippen LogP contribution is 2.41. The molecule has 1 aromatic heterocycles. The van der Waals surface area contributed by atoms with Crippen molar-refractivity contribution in [2.24, 2.45) is 0 Å². The molecule has 0 saturated carbocycles. The van der Waals surface area contributed by atoms with Gasteiger partial charge in [0, 0.05) is 19.2 Å². The zero-order chi connectivity index (χ0) is 19.9. The zero-order valence-electron chi connectivity index (χ0n) is 15.4. The Morgan fingerprint density at radius 1 is 1.37 bits per heavy atom. The van der Waals surface area contributed by atoms with Gasteiger partial charge in [0.25, 0.3) is 0 Å². The first-order chi connectivity index (χ1) is 12.7. The van der Waals surface area contributed by atoms with E-state index < -0.39 is 17.8 Å². The fourth-order valence-corrected chi connectivity index (χ4v) is 3.87. The number of hydrogen-bond acceptors (Lipinski definition) is 6. The molecule has 1 aliphatic heterocycles. The molecule has 1 atom stereocenters. The van der Waals surface area contributed by atoms with E-state index in [9.17, 15) is 18.3 Å². The quantitative estimate of drug-likeness (QED) is 0.471. The lowest BCUT2D eigenvalue weighted by Crippen LogP contribution is -2.30. The predicted molar refractivity (Wildman–Crippen MR) is 101 cm³/mol. The van der Waals surface area contributed by atoms with Gasteiger partial charge < -0.3 is 15.2 Å². The van der Waals surface area contributed by atoms with Gasteiger partial charge in [-0.15, -0.1) is 0 Å². The molecule has 0 radical (unpaired) electrons. The van der Waals surface area contributed by atoms with E-state index in [4.69, 9.17) is 4.74 Å². The van der Waals surface area contributed by atoms with E-state index in [1.54, 1.807) is 21.1 Å². The topological polar surface area (TPSA) is 67.3 Å². The van der Waals surface area contributed by atoms with Crippen LogP contribution in [-0.2, 0) is 23.9 Å². The molecule has 0 spiro atoms. The van der Waals surface area contributed by atoms with Crippen molar-refractivity contribution >= 4 is 30.8 Å². The molecule has 1 aromatic carbocycles. The maximum absolute atomic E-state index is 13.8. The van der Waals surface area contributed by atoms with Gasteiger partial charge in [0.15, 0.2) is 5.16 Å². The van der Waals surface area contributed by atoms with Gasteiger partial charge in [-0.2, -0.15) is 18.2 Å². The Kier molecular flexibility index (Phi) is 5.31. The van der Waals surface area contributed by atoms with E-state index in [-0.39, 0.29) is 30.0 Å². The van der Waals surface area contributed by atoms with E-state index in [0.29, 0.717) is 27.6 Å². The number of fused-ring (bicyclic) bond motifs is 1. The minimum absolute atomic E-state index is 0.0416. The van der Waals surface area contributed by atoms with Crippen LogP contribution < -0.4 is 10.8 Å². The lowest BCUT2D eigenvalue weighted by atomic mass is 9.79. The minimum atomic E-state index is -4.50. The molecule has 5 nitrogen and oxygen atoms in total. The lowest BCUT2D eigenvalue weighted by Gasteiger charge is -2.30. The van der Waals surface area contributed by atoms with Crippen LogP contribution in [0.25, 0.3) is 0 Å². The van der Waals surface area contributed by atoms with Gasteiger partial charge in [0.1, 0.15) is 7.85 Å². The molecular weight excluding hydrogens is 378 g/mol. The molecule has 0 fully saturated rings. The number of benzene rings is 1. The fourth-order valence-electron chi connectivity index (χ4n) is 3.49. The van der Waals surface area contributed by atoms with Crippen LogP contribution in [0.1, 0.15) is 34.1 Å². The molecule has 10 heteroatoms. The van der Waals surface area contributed by atoms with Crippen LogP contribution in [0.3, 0.4) is 0 Å². The molecule has 2 aromatic rings. The molecule has 2 N–H and O–H groups in total. The van der Waals surface area contributed by atoms with Crippen LogP contribution in [0.4, 0.5) is 18.9 Å². The Morgan fingerprint density at radius 2 is 2.07 bits per heavy atom. The molecular formula is C17H19BF3N3O2S. The van der Waals surface area contributed by atoms with Gasteiger partial charge in [-0.3, -0.25) is 0 Å². The average Bonchev–Trinajstić information content (AvgIpc) is 2.61. The monoisotopic (exact) mass is 397 g/mol. The SMILES string of the molecule is Bc1c(NC)cc(C)c(C(F)(F)F)c1[C@H]1Cc2nc(SC)nc(O)c2CO1. The van der Waals surface area contributed by atoms with Crippen LogP contribution >= 0.6 is 11.8 Å². The van der Waals surface area contributed by atoms with Gasteiger partial charge in [0.2, 0.25) is 5.88 Å². The van der Waals surface area contributed by atoms with E-state index >= 15 is 0 Å². The number of alkyl halides is 3. The van der Waals surface area contributed by atoms with Crippen LogP contribution in [0.15, 0.2) is 11.2 Å². The number of hydrogen-bond donors (Lipinski definition) is 2. The van der Waals surface area contributed by atoms with Crippen molar-refractivity contribution in [3.05, 3.63) is 34.0 Å². The summed E-state index contributed by atoms with van der Waals surface area (Å²) in [5.41, 5.74) is 1.64. The molecule has 0 saturated heterocycles. The summed E-state index contributed by atoms with van der Waals surface area (Å²) in [7, 11) is 3.32. The fraction of sp³-hybridized carbons (Fsp3) is 0.412. The smallest absolute Gasteiger partial charge is 0.417 e. The molecule has 144 valence electrons. The summed E-state index contributed by atoms with van der Waals surface area (Å²) in [6, 6.07) is 1.50. The minimum Gasteiger partial charge on any atom is -0.493 e. The van der Waals surface area contributed by atoms with Crippen molar-refractivity contribution in [3.63, 3.8) is 0 Å². The van der Waals surface area contributed by atoms with Crippen molar-refractivity contribution in [2.75, 3.05) is 18.6 Å². The average molecular weight is 397 g/mol. The van der Waals surface area contributed by atoms with Gasteiger partial charge >= 0.3 is 6.18 Å². The number of thioether (sulfide) groups is 1. The second kappa shape index (κ2) is 7.24. The third kappa shape index (κ3) is 3.60. The second-order valence-corrected chi connectivity index (χ2v) is 7.14. The number of ether oxygens (including phenoxy) is 1. The van der Waals surface area contributed by atoms with E-state index in [1.165, 1.54) is 24.8 Å². The number of halogens is 3. The number of aromatic hydroxyl groups is 1. The number of rotatable bonds is 3. The van der Waals surface area contributed by atoms with Gasteiger partial charge in [-0.25, -0.2) is 4.98 Å². The predicted octanol–water partition coefficient (Wildman–Crippen LogP) is 2.35. The molecule has 3 rings (SSSR count). The van der Waals surface area contributed by atoms with Crippen LogP contribution in [0, 0.1) is 6.92 Å². The highest BCUT2D eigenvalue weighted by atomic mass is 32.2. The summed E-state index contributed by atoms with van der Waals surface area (Å²) in [6.45, 7) is 1.41. The molecule has 2 heterocycles. The maximum Gasteiger partial charge on any atom is 0.417 e. The van der Waals surface area contributed by atoms with Crippen LogP contribution in [-0.4, -0.2) is 36.2 Å². The number of aryl methyl sites for hydroxylation is 1. The lowest BCUT2D eigenvalue weighted by molar-refractivity contribution is -0.140. The number of anilines is 1. The Balaban J connectivity index is 2.15. The molecule has 1 aliphatic rings. The van der Waals surface area contributed by atoms with Crippen molar-refractivity contribution in [3.8, 4) is 5.88 Å². The van der Waals surface area contributed by atoms with Gasteiger partial charge in [0.05, 0.1) is 29.5 Å². The Bertz CT molecular complexity index is 893. The summed E-state index contributed by atoms with van der Waals surface area (Å²) in [5, 5.41) is 13.4. The van der Waals surface area contributed by atoms with E-state index in [1.807, 2.05) is 0 Å². The molecule has 0 bridgehead atoms. The van der Waals surface area contributed by atoms with E-state index in [0.717, 1.165) is 0 Å². The highest BCUT2D eigenvalue weighted by molar-refractivity contribution is 7.98. The first kappa shape index (κ1) is 19.8. The summed E-state index contributed by atoms with van der Waals surface area (Å²) in [5.74, 6) is -0.185. The van der Waals surface area contributed by atoms with Crippen molar-refractivity contribution < 1.29 is 23.0 Å². The largest absolute Gasteiger partial charge is 0.493 e. The number of nitrogens with one attached hydrogen (secondary N) is 1. The van der Waals surface area contributed by atoms with Crippen LogP contribution in [0.2, 0.25) is 0 Å². The normalized spacial score (nSPS) is 16.9. The molecule has 0 aliphatic carbocycles. The number of nitrogens with zero attached hydrogens (tertiary/aromatic N) is 2. The first-order valence-electron chi connectivity index (χ1n) is 8.30. The summed E-state index contributed by atoms with van der Waals surface area (Å²) in [6.07, 6.45) is -3.41. The van der Waals surface area contributed by atoms with Crippen molar-refractivity contribution in [1.29, 1.82) is 0 Å². The Labute approximate surface area is 160 Å². The summed E-state index contributed by atoms with van der Waals surface area (Å²) < 4.78 is 47.2. The third-order valence-electron chi connectivity index (χ3n) is 4.75. The van der Waals surface area contributed by atoms with Gasteiger partial charge in [-0.05, 0) is 30.4 Å². The Morgan fingerprint density at radius 3 is 2.67 bits per heavy atom. The molecule has 27 heavy (non-hydrogen) atoms. The molecule has 0 unspecified atom stereocenters. The zero-order valence-corrected chi connectivity index (χ0v) is 16.2. The first-order valence-corrected chi connectivity index (χ1v) is 9.53.